The van der Waals surface area contributed by atoms with Crippen molar-refractivity contribution in [3.8, 4) is 5.75 Å². The van der Waals surface area contributed by atoms with Gasteiger partial charge in [-0.25, -0.2) is 0 Å². The van der Waals surface area contributed by atoms with Crippen molar-refractivity contribution in [3.05, 3.63) is 28.8 Å². The third-order valence-electron chi connectivity index (χ3n) is 1.76. The molecule has 1 atom stereocenters. The Hall–Kier alpha value is -0.610. The Morgan fingerprint density at radius 3 is 2.33 bits per heavy atom. The molecule has 0 aliphatic heterocycles. The van der Waals surface area contributed by atoms with Crippen molar-refractivity contribution >= 4 is 23.2 Å². The van der Waals surface area contributed by atoms with Crippen LogP contribution in [0.25, 0.3) is 0 Å². The quantitative estimate of drug-likeness (QED) is 0.723. The molecule has 0 aliphatic rings. The number of hydrogen-bond donors (Lipinski definition) is 0. The van der Waals surface area contributed by atoms with E-state index < -0.39 is 11.6 Å². The van der Waals surface area contributed by atoms with Crippen molar-refractivity contribution in [2.75, 3.05) is 7.11 Å². The molecule has 1 aromatic carbocycles. The minimum absolute atomic E-state index is 0.102. The second kappa shape index (κ2) is 4.49. The third kappa shape index (κ3) is 2.92. The fraction of sp³-hybridized carbons (Fsp3) is 0.333. The van der Waals surface area contributed by atoms with Crippen LogP contribution >= 0.6 is 23.2 Å². The lowest BCUT2D eigenvalue weighted by Gasteiger charge is -2.14. The maximum absolute atomic E-state index is 12.2. The number of hydrogen-bond acceptors (Lipinski definition) is 1. The molecule has 0 saturated heterocycles. The second-order valence-corrected chi connectivity index (χ2v) is 3.64. The van der Waals surface area contributed by atoms with Gasteiger partial charge in [0.1, 0.15) is 5.75 Å². The summed E-state index contributed by atoms with van der Waals surface area (Å²) in [4.78, 5) is 0. The lowest BCUT2D eigenvalue weighted by Crippen LogP contribution is -2.15. The first-order chi connectivity index (χ1) is 6.86. The zero-order valence-electron chi connectivity index (χ0n) is 7.61. The molecule has 0 spiro atoms. The van der Waals surface area contributed by atoms with Crippen LogP contribution in [0.15, 0.2) is 18.2 Å². The van der Waals surface area contributed by atoms with Crippen LogP contribution in [0.5, 0.6) is 5.75 Å². The minimum atomic E-state index is -4.49. The number of halogens is 5. The van der Waals surface area contributed by atoms with Crippen LogP contribution in [0.1, 0.15) is 10.9 Å². The van der Waals surface area contributed by atoms with Crippen LogP contribution in [0, 0.1) is 0 Å². The number of alkyl halides is 4. The van der Waals surface area contributed by atoms with Gasteiger partial charge in [-0.3, -0.25) is 0 Å². The van der Waals surface area contributed by atoms with Crippen LogP contribution in [0.2, 0.25) is 5.02 Å². The molecule has 0 fully saturated rings. The Bertz CT molecular complexity index is 352. The molecule has 0 heterocycles. The van der Waals surface area contributed by atoms with E-state index in [1.807, 2.05) is 0 Å². The first-order valence-corrected chi connectivity index (χ1v) is 4.72. The largest absolute Gasteiger partial charge is 0.495 e. The summed E-state index contributed by atoms with van der Waals surface area (Å²) in [6.07, 6.45) is -4.49. The zero-order chi connectivity index (χ0) is 11.6. The Labute approximate surface area is 94.7 Å². The van der Waals surface area contributed by atoms with Crippen molar-refractivity contribution in [1.82, 2.24) is 0 Å². The van der Waals surface area contributed by atoms with E-state index in [2.05, 4.69) is 0 Å². The molecule has 1 aromatic rings. The van der Waals surface area contributed by atoms with Crippen molar-refractivity contribution in [2.24, 2.45) is 0 Å². The molecule has 1 nitrogen and oxygen atoms in total. The minimum Gasteiger partial charge on any atom is -0.495 e. The first-order valence-electron chi connectivity index (χ1n) is 3.90. The van der Waals surface area contributed by atoms with Gasteiger partial charge in [-0.05, 0) is 17.7 Å². The third-order valence-corrected chi connectivity index (χ3v) is 2.55. The summed E-state index contributed by atoms with van der Waals surface area (Å²) in [6, 6.07) is 3.72. The first kappa shape index (κ1) is 12.5. The highest BCUT2D eigenvalue weighted by molar-refractivity contribution is 6.32. The number of ether oxygens (including phenoxy) is 1. The summed E-state index contributed by atoms with van der Waals surface area (Å²) in [5.74, 6) is 0.312. The van der Waals surface area contributed by atoms with Crippen LogP contribution < -0.4 is 4.74 Å². The molecule has 0 bridgehead atoms. The molecule has 0 aliphatic carbocycles. The predicted molar refractivity (Wildman–Crippen MR) is 52.7 cm³/mol. The summed E-state index contributed by atoms with van der Waals surface area (Å²) < 4.78 is 41.5. The van der Waals surface area contributed by atoms with E-state index in [0.717, 1.165) is 6.07 Å². The topological polar surface area (TPSA) is 9.23 Å². The molecule has 0 amide bonds. The smallest absolute Gasteiger partial charge is 0.408 e. The highest BCUT2D eigenvalue weighted by atomic mass is 35.5. The zero-order valence-corrected chi connectivity index (χ0v) is 9.12. The Morgan fingerprint density at radius 2 is 1.93 bits per heavy atom. The van der Waals surface area contributed by atoms with Crippen molar-refractivity contribution in [2.45, 2.75) is 11.6 Å². The van der Waals surface area contributed by atoms with Crippen LogP contribution in [-0.2, 0) is 0 Å². The van der Waals surface area contributed by atoms with Crippen molar-refractivity contribution in [3.63, 3.8) is 0 Å². The standard InChI is InChI=1S/C9H7Cl2F3O/c1-15-7-3-2-5(4-6(7)10)8(11)9(12,13)14/h2-4,8H,1H3. The van der Waals surface area contributed by atoms with E-state index >= 15 is 0 Å². The maximum Gasteiger partial charge on any atom is 0.408 e. The van der Waals surface area contributed by atoms with Gasteiger partial charge in [-0.15, -0.1) is 11.6 Å². The number of rotatable bonds is 2. The molecule has 15 heavy (non-hydrogen) atoms. The molecule has 1 rings (SSSR count). The Morgan fingerprint density at radius 1 is 1.33 bits per heavy atom. The fourth-order valence-electron chi connectivity index (χ4n) is 1.03. The summed E-state index contributed by atoms with van der Waals surface area (Å²) in [7, 11) is 1.38. The van der Waals surface area contributed by atoms with Gasteiger partial charge in [0.05, 0.1) is 12.1 Å². The monoisotopic (exact) mass is 258 g/mol. The van der Waals surface area contributed by atoms with Gasteiger partial charge in [0.25, 0.3) is 0 Å². The average Bonchev–Trinajstić information content (AvgIpc) is 2.15. The van der Waals surface area contributed by atoms with E-state index in [1.165, 1.54) is 19.2 Å². The molecule has 0 aromatic heterocycles. The van der Waals surface area contributed by atoms with E-state index in [-0.39, 0.29) is 10.6 Å². The van der Waals surface area contributed by atoms with Gasteiger partial charge in [0, 0.05) is 0 Å². The molecule has 1 unspecified atom stereocenters. The van der Waals surface area contributed by atoms with Crippen LogP contribution in [0.3, 0.4) is 0 Å². The van der Waals surface area contributed by atoms with Crippen LogP contribution in [0.4, 0.5) is 13.2 Å². The summed E-state index contributed by atoms with van der Waals surface area (Å²) in [5.41, 5.74) is -0.102. The highest BCUT2D eigenvalue weighted by Crippen LogP contribution is 2.40. The van der Waals surface area contributed by atoms with E-state index in [1.54, 1.807) is 0 Å². The molecule has 0 radical (unpaired) electrons. The summed E-state index contributed by atoms with van der Waals surface area (Å²) >= 11 is 10.9. The van der Waals surface area contributed by atoms with E-state index in [0.29, 0.717) is 5.75 Å². The maximum atomic E-state index is 12.2. The van der Waals surface area contributed by atoms with Gasteiger partial charge < -0.3 is 4.74 Å². The number of benzene rings is 1. The van der Waals surface area contributed by atoms with Gasteiger partial charge >= 0.3 is 6.18 Å². The summed E-state index contributed by atoms with van der Waals surface area (Å²) in [5, 5.41) is -1.95. The van der Waals surface area contributed by atoms with Gasteiger partial charge in [0.2, 0.25) is 0 Å². The van der Waals surface area contributed by atoms with E-state index in [9.17, 15) is 13.2 Å². The SMILES string of the molecule is COc1ccc(C(Cl)C(F)(F)F)cc1Cl. The molecule has 0 saturated carbocycles. The molecule has 84 valence electrons. The Kier molecular flexibility index (Phi) is 3.73. The molecule has 6 heteroatoms. The Balaban J connectivity index is 3.02. The highest BCUT2D eigenvalue weighted by Gasteiger charge is 2.39. The van der Waals surface area contributed by atoms with E-state index in [4.69, 9.17) is 27.9 Å². The van der Waals surface area contributed by atoms with Gasteiger partial charge in [0.15, 0.2) is 5.38 Å². The molecule has 0 N–H and O–H groups in total. The molecular formula is C9H7Cl2F3O. The second-order valence-electron chi connectivity index (χ2n) is 2.80. The lowest BCUT2D eigenvalue weighted by atomic mass is 10.1. The molecular weight excluding hydrogens is 252 g/mol. The lowest BCUT2D eigenvalue weighted by molar-refractivity contribution is -0.131. The van der Waals surface area contributed by atoms with Gasteiger partial charge in [-0.2, -0.15) is 13.2 Å². The van der Waals surface area contributed by atoms with Crippen molar-refractivity contribution < 1.29 is 17.9 Å². The predicted octanol–water partition coefficient (Wildman–Crippen LogP) is 4.19. The van der Waals surface area contributed by atoms with Crippen LogP contribution in [-0.4, -0.2) is 13.3 Å². The number of methoxy groups -OCH3 is 1. The summed E-state index contributed by atoms with van der Waals surface area (Å²) in [6.45, 7) is 0. The van der Waals surface area contributed by atoms with Crippen molar-refractivity contribution in [1.29, 1.82) is 0 Å². The normalized spacial score (nSPS) is 13.7. The fourth-order valence-corrected chi connectivity index (χ4v) is 1.43. The van der Waals surface area contributed by atoms with Gasteiger partial charge in [-0.1, -0.05) is 17.7 Å². The average molecular weight is 259 g/mol.